The molecular formula is C19H22O2. The molecule has 2 N–H and O–H groups in total. The Bertz CT molecular complexity index is 525. The number of hydrogen-bond donors (Lipinski definition) is 2. The van der Waals surface area contributed by atoms with Crippen molar-refractivity contribution in [3.05, 3.63) is 71.8 Å². The molecule has 21 heavy (non-hydrogen) atoms. The summed E-state index contributed by atoms with van der Waals surface area (Å²) in [4.78, 5) is 0. The fourth-order valence-electron chi connectivity index (χ4n) is 3.58. The Labute approximate surface area is 126 Å². The van der Waals surface area contributed by atoms with Gasteiger partial charge in [0.15, 0.2) is 0 Å². The van der Waals surface area contributed by atoms with Gasteiger partial charge in [0, 0.05) is 5.92 Å². The van der Waals surface area contributed by atoms with Crippen LogP contribution < -0.4 is 0 Å². The van der Waals surface area contributed by atoms with Gasteiger partial charge in [-0.3, -0.25) is 0 Å². The zero-order valence-electron chi connectivity index (χ0n) is 12.2. The van der Waals surface area contributed by atoms with E-state index in [1.807, 2.05) is 60.7 Å². The van der Waals surface area contributed by atoms with E-state index in [0.29, 0.717) is 0 Å². The Hall–Kier alpha value is -1.64. The molecule has 110 valence electrons. The van der Waals surface area contributed by atoms with Crippen LogP contribution >= 0.6 is 0 Å². The summed E-state index contributed by atoms with van der Waals surface area (Å²) >= 11 is 0. The highest BCUT2D eigenvalue weighted by atomic mass is 16.3. The van der Waals surface area contributed by atoms with Gasteiger partial charge in [0.1, 0.15) is 5.60 Å². The van der Waals surface area contributed by atoms with Gasteiger partial charge in [0.2, 0.25) is 0 Å². The van der Waals surface area contributed by atoms with Gasteiger partial charge in [-0.25, -0.2) is 0 Å². The lowest BCUT2D eigenvalue weighted by Crippen LogP contribution is -2.44. The first kappa shape index (κ1) is 14.3. The highest BCUT2D eigenvalue weighted by Crippen LogP contribution is 2.43. The molecule has 2 nitrogen and oxygen atoms in total. The Morgan fingerprint density at radius 3 is 1.71 bits per heavy atom. The van der Waals surface area contributed by atoms with E-state index in [2.05, 4.69) is 0 Å². The first-order chi connectivity index (χ1) is 10.2. The van der Waals surface area contributed by atoms with Gasteiger partial charge < -0.3 is 10.2 Å². The Kier molecular flexibility index (Phi) is 4.09. The summed E-state index contributed by atoms with van der Waals surface area (Å²) in [5.74, 6) is -0.156. The summed E-state index contributed by atoms with van der Waals surface area (Å²) in [6, 6.07) is 19.5. The number of hydrogen-bond acceptors (Lipinski definition) is 2. The number of aliphatic hydroxyl groups is 2. The molecule has 2 atom stereocenters. The smallest absolute Gasteiger partial charge is 0.120 e. The van der Waals surface area contributed by atoms with Crippen molar-refractivity contribution in [1.82, 2.24) is 0 Å². The first-order valence-electron chi connectivity index (χ1n) is 7.74. The molecule has 0 saturated heterocycles. The third kappa shape index (κ3) is 2.61. The van der Waals surface area contributed by atoms with Gasteiger partial charge in [-0.2, -0.15) is 0 Å². The maximum absolute atomic E-state index is 11.6. The second-order valence-corrected chi connectivity index (χ2v) is 5.96. The van der Waals surface area contributed by atoms with Crippen molar-refractivity contribution in [1.29, 1.82) is 0 Å². The largest absolute Gasteiger partial charge is 0.393 e. The van der Waals surface area contributed by atoms with Crippen molar-refractivity contribution in [3.8, 4) is 0 Å². The minimum atomic E-state index is -1.12. The molecule has 0 radical (unpaired) electrons. The minimum Gasteiger partial charge on any atom is -0.393 e. The van der Waals surface area contributed by atoms with Crippen LogP contribution in [-0.2, 0) is 5.60 Å². The summed E-state index contributed by atoms with van der Waals surface area (Å²) < 4.78 is 0. The second kappa shape index (κ2) is 6.00. The van der Waals surface area contributed by atoms with Gasteiger partial charge in [-0.05, 0) is 24.0 Å². The SMILES string of the molecule is O[C@H]1CCCC[C@H]1C(O)(c1ccccc1)c1ccccc1. The lowest BCUT2D eigenvalue weighted by molar-refractivity contribution is -0.0667. The van der Waals surface area contributed by atoms with Crippen molar-refractivity contribution >= 4 is 0 Å². The Morgan fingerprint density at radius 1 is 0.762 bits per heavy atom. The summed E-state index contributed by atoms with van der Waals surface area (Å²) in [6.07, 6.45) is 3.26. The summed E-state index contributed by atoms with van der Waals surface area (Å²) in [6.45, 7) is 0. The van der Waals surface area contributed by atoms with Crippen molar-refractivity contribution < 1.29 is 10.2 Å². The molecule has 0 heterocycles. The van der Waals surface area contributed by atoms with E-state index < -0.39 is 11.7 Å². The molecule has 0 unspecified atom stereocenters. The third-order valence-electron chi connectivity index (χ3n) is 4.69. The highest BCUT2D eigenvalue weighted by molar-refractivity contribution is 5.37. The van der Waals surface area contributed by atoms with Gasteiger partial charge in [0.05, 0.1) is 6.10 Å². The van der Waals surface area contributed by atoms with E-state index >= 15 is 0 Å². The van der Waals surface area contributed by atoms with Crippen LogP contribution in [0.2, 0.25) is 0 Å². The predicted octanol–water partition coefficient (Wildman–Crippen LogP) is 3.47. The van der Waals surface area contributed by atoms with Crippen molar-refractivity contribution in [2.24, 2.45) is 5.92 Å². The van der Waals surface area contributed by atoms with E-state index in [1.54, 1.807) is 0 Å². The van der Waals surface area contributed by atoms with Crippen molar-refractivity contribution in [2.75, 3.05) is 0 Å². The van der Waals surface area contributed by atoms with Crippen LogP contribution in [-0.4, -0.2) is 16.3 Å². The number of rotatable bonds is 3. The number of aliphatic hydroxyl groups excluding tert-OH is 1. The Morgan fingerprint density at radius 2 is 1.24 bits per heavy atom. The van der Waals surface area contributed by atoms with E-state index in [9.17, 15) is 10.2 Å². The average molecular weight is 282 g/mol. The molecule has 2 heteroatoms. The minimum absolute atomic E-state index is 0.156. The van der Waals surface area contributed by atoms with Crippen LogP contribution in [0.5, 0.6) is 0 Å². The van der Waals surface area contributed by atoms with Crippen molar-refractivity contribution in [2.45, 2.75) is 37.4 Å². The summed E-state index contributed by atoms with van der Waals surface area (Å²) in [7, 11) is 0. The van der Waals surface area contributed by atoms with Crippen LogP contribution in [0.15, 0.2) is 60.7 Å². The van der Waals surface area contributed by atoms with Crippen LogP contribution in [0.25, 0.3) is 0 Å². The van der Waals surface area contributed by atoms with Crippen LogP contribution in [0, 0.1) is 5.92 Å². The molecule has 1 aliphatic carbocycles. The normalized spacial score (nSPS) is 23.0. The fourth-order valence-corrected chi connectivity index (χ4v) is 3.58. The maximum Gasteiger partial charge on any atom is 0.120 e. The van der Waals surface area contributed by atoms with E-state index in [-0.39, 0.29) is 5.92 Å². The average Bonchev–Trinajstić information content (AvgIpc) is 2.56. The van der Waals surface area contributed by atoms with Crippen LogP contribution in [0.3, 0.4) is 0 Å². The predicted molar refractivity (Wildman–Crippen MR) is 83.8 cm³/mol. The number of benzene rings is 2. The third-order valence-corrected chi connectivity index (χ3v) is 4.69. The molecule has 0 amide bonds. The first-order valence-corrected chi connectivity index (χ1v) is 7.74. The monoisotopic (exact) mass is 282 g/mol. The molecule has 0 spiro atoms. The quantitative estimate of drug-likeness (QED) is 0.905. The standard InChI is InChI=1S/C19H22O2/c20-18-14-8-7-13-17(18)19(21,15-9-3-1-4-10-15)16-11-5-2-6-12-16/h1-6,9-12,17-18,20-21H,7-8,13-14H2/t17-,18+/m1/s1. The summed E-state index contributed by atoms with van der Waals surface area (Å²) in [5.41, 5.74) is 0.604. The van der Waals surface area contributed by atoms with E-state index in [0.717, 1.165) is 36.8 Å². The molecule has 1 aliphatic rings. The van der Waals surface area contributed by atoms with E-state index in [4.69, 9.17) is 0 Å². The second-order valence-electron chi connectivity index (χ2n) is 5.96. The fraction of sp³-hybridized carbons (Fsp3) is 0.368. The molecule has 1 saturated carbocycles. The van der Waals surface area contributed by atoms with Gasteiger partial charge >= 0.3 is 0 Å². The van der Waals surface area contributed by atoms with Crippen molar-refractivity contribution in [3.63, 3.8) is 0 Å². The topological polar surface area (TPSA) is 40.5 Å². The molecule has 0 bridgehead atoms. The lowest BCUT2D eigenvalue weighted by Gasteiger charge is -2.42. The summed E-state index contributed by atoms with van der Waals surface area (Å²) in [5, 5.41) is 22.1. The lowest BCUT2D eigenvalue weighted by atomic mass is 9.68. The van der Waals surface area contributed by atoms with Gasteiger partial charge in [0.25, 0.3) is 0 Å². The molecule has 3 rings (SSSR count). The molecular weight excluding hydrogens is 260 g/mol. The van der Waals surface area contributed by atoms with Crippen LogP contribution in [0.1, 0.15) is 36.8 Å². The van der Waals surface area contributed by atoms with Crippen LogP contribution in [0.4, 0.5) is 0 Å². The maximum atomic E-state index is 11.6. The molecule has 2 aromatic carbocycles. The van der Waals surface area contributed by atoms with E-state index in [1.165, 1.54) is 0 Å². The molecule has 0 aromatic heterocycles. The molecule has 2 aromatic rings. The molecule has 0 aliphatic heterocycles. The zero-order valence-corrected chi connectivity index (χ0v) is 12.2. The zero-order chi connectivity index (χ0) is 14.7. The van der Waals surface area contributed by atoms with Gasteiger partial charge in [-0.1, -0.05) is 73.5 Å². The highest BCUT2D eigenvalue weighted by Gasteiger charge is 2.44. The van der Waals surface area contributed by atoms with Gasteiger partial charge in [-0.15, -0.1) is 0 Å². The molecule has 1 fully saturated rings. The Balaban J connectivity index is 2.11.